The normalized spacial score (nSPS) is 25.3. The fourth-order valence-corrected chi connectivity index (χ4v) is 2.01. The van der Waals surface area contributed by atoms with Crippen LogP contribution in [0.4, 0.5) is 5.69 Å². The van der Waals surface area contributed by atoms with Crippen molar-refractivity contribution in [1.29, 1.82) is 0 Å². The summed E-state index contributed by atoms with van der Waals surface area (Å²) in [5.41, 5.74) is 3.54. The second kappa shape index (κ2) is 3.26. The van der Waals surface area contributed by atoms with Gasteiger partial charge in [-0.15, -0.1) is 0 Å². The van der Waals surface area contributed by atoms with Crippen LogP contribution >= 0.6 is 0 Å². The highest BCUT2D eigenvalue weighted by atomic mass is 16.6. The molecule has 2 atom stereocenters. The first-order valence-corrected chi connectivity index (χ1v) is 5.05. The molecule has 0 radical (unpaired) electrons. The van der Waals surface area contributed by atoms with Crippen molar-refractivity contribution in [3.63, 3.8) is 0 Å². The highest BCUT2D eigenvalue weighted by molar-refractivity contribution is 5.56. The molecule has 3 nitrogen and oxygen atoms in total. The fraction of sp³-hybridized carbons (Fsp3) is 0.455. The number of nitrogens with zero attached hydrogens (tertiary/aromatic N) is 1. The number of hydrogen-bond acceptors (Lipinski definition) is 2. The van der Waals surface area contributed by atoms with E-state index in [1.807, 2.05) is 14.0 Å². The Morgan fingerprint density at radius 3 is 2.86 bits per heavy atom. The molecule has 0 amide bonds. The van der Waals surface area contributed by atoms with E-state index < -0.39 is 0 Å². The Morgan fingerprint density at radius 1 is 1.50 bits per heavy atom. The van der Waals surface area contributed by atoms with Crippen molar-refractivity contribution in [3.05, 3.63) is 34.5 Å². The Labute approximate surface area is 84.5 Å². The van der Waals surface area contributed by atoms with Crippen LogP contribution in [-0.4, -0.2) is 7.05 Å². The molecule has 2 rings (SSSR count). The van der Waals surface area contributed by atoms with Gasteiger partial charge in [-0.3, -0.25) is 5.17 Å². The van der Waals surface area contributed by atoms with E-state index in [0.29, 0.717) is 0 Å². The van der Waals surface area contributed by atoms with Gasteiger partial charge in [0.1, 0.15) is 6.04 Å². The SMILES string of the molecule is CCc1ccc2c(c1)N(C)[NH+]([O-])C2C. The predicted molar refractivity (Wildman–Crippen MR) is 57.0 cm³/mol. The summed E-state index contributed by atoms with van der Waals surface area (Å²) in [7, 11) is 1.85. The molecule has 0 aliphatic carbocycles. The lowest BCUT2D eigenvalue weighted by molar-refractivity contribution is -0.880. The third-order valence-electron chi connectivity index (χ3n) is 3.03. The van der Waals surface area contributed by atoms with Gasteiger partial charge in [-0.1, -0.05) is 19.1 Å². The largest absolute Gasteiger partial charge is 0.607 e. The smallest absolute Gasteiger partial charge is 0.135 e. The minimum absolute atomic E-state index is 0.0286. The zero-order chi connectivity index (χ0) is 10.3. The molecular weight excluding hydrogens is 176 g/mol. The summed E-state index contributed by atoms with van der Waals surface area (Å²) in [4.78, 5) is 0. The Morgan fingerprint density at radius 2 is 2.21 bits per heavy atom. The lowest BCUT2D eigenvalue weighted by atomic mass is 10.0. The topological polar surface area (TPSA) is 30.7 Å². The maximum Gasteiger partial charge on any atom is 0.135 e. The molecule has 2 unspecified atom stereocenters. The van der Waals surface area contributed by atoms with Crippen LogP contribution in [0.25, 0.3) is 0 Å². The number of fused-ring (bicyclic) bond motifs is 1. The van der Waals surface area contributed by atoms with Gasteiger partial charge in [0.05, 0.1) is 12.7 Å². The average Bonchev–Trinajstić information content (AvgIpc) is 2.44. The molecule has 0 saturated carbocycles. The third-order valence-corrected chi connectivity index (χ3v) is 3.03. The van der Waals surface area contributed by atoms with Gasteiger partial charge in [0.15, 0.2) is 0 Å². The van der Waals surface area contributed by atoms with Gasteiger partial charge in [-0.25, -0.2) is 5.01 Å². The first-order valence-electron chi connectivity index (χ1n) is 5.05. The van der Waals surface area contributed by atoms with Crippen molar-refractivity contribution in [2.24, 2.45) is 0 Å². The third kappa shape index (κ3) is 1.21. The number of nitrogens with one attached hydrogen (secondary N) is 1. The zero-order valence-electron chi connectivity index (χ0n) is 8.87. The molecule has 0 saturated heterocycles. The number of hydrogen-bond donors (Lipinski definition) is 1. The van der Waals surface area contributed by atoms with Crippen LogP contribution in [0.2, 0.25) is 0 Å². The summed E-state index contributed by atoms with van der Waals surface area (Å²) >= 11 is 0. The van der Waals surface area contributed by atoms with E-state index in [2.05, 4.69) is 25.1 Å². The minimum Gasteiger partial charge on any atom is -0.607 e. The second-order valence-electron chi connectivity index (χ2n) is 3.87. The lowest BCUT2D eigenvalue weighted by Gasteiger charge is -2.28. The molecular formula is C11H16N2O. The number of hydroxylamine groups is 1. The van der Waals surface area contributed by atoms with Crippen molar-refractivity contribution < 1.29 is 5.17 Å². The maximum atomic E-state index is 11.7. The summed E-state index contributed by atoms with van der Waals surface area (Å²) < 4.78 is 0. The van der Waals surface area contributed by atoms with Gasteiger partial charge in [0.25, 0.3) is 0 Å². The van der Waals surface area contributed by atoms with Crippen LogP contribution in [0.1, 0.15) is 31.0 Å². The van der Waals surface area contributed by atoms with Gasteiger partial charge in [-0.2, -0.15) is 0 Å². The molecule has 0 fully saturated rings. The average molecular weight is 192 g/mol. The second-order valence-corrected chi connectivity index (χ2v) is 3.87. The number of quaternary nitrogens is 1. The zero-order valence-corrected chi connectivity index (χ0v) is 8.87. The Hall–Kier alpha value is -1.06. The Bertz CT molecular complexity index is 351. The van der Waals surface area contributed by atoms with Crippen molar-refractivity contribution >= 4 is 5.69 Å². The van der Waals surface area contributed by atoms with E-state index in [1.54, 1.807) is 5.01 Å². The van der Waals surface area contributed by atoms with Gasteiger partial charge in [0.2, 0.25) is 0 Å². The lowest BCUT2D eigenvalue weighted by Crippen LogP contribution is -3.12. The Balaban J connectivity index is 2.48. The fourth-order valence-electron chi connectivity index (χ4n) is 2.01. The Kier molecular flexibility index (Phi) is 2.21. The molecule has 1 N–H and O–H groups in total. The molecule has 1 aromatic carbocycles. The van der Waals surface area contributed by atoms with E-state index in [9.17, 15) is 5.21 Å². The van der Waals surface area contributed by atoms with Crippen molar-refractivity contribution in [1.82, 2.24) is 0 Å². The van der Waals surface area contributed by atoms with Crippen LogP contribution in [0.5, 0.6) is 0 Å². The molecule has 3 heteroatoms. The maximum absolute atomic E-state index is 11.7. The summed E-state index contributed by atoms with van der Waals surface area (Å²) in [6.45, 7) is 4.10. The van der Waals surface area contributed by atoms with E-state index >= 15 is 0 Å². The van der Waals surface area contributed by atoms with E-state index in [0.717, 1.165) is 17.7 Å². The van der Waals surface area contributed by atoms with Crippen molar-refractivity contribution in [2.75, 3.05) is 12.1 Å². The molecule has 1 aromatic rings. The number of anilines is 1. The van der Waals surface area contributed by atoms with Gasteiger partial charge in [0, 0.05) is 5.56 Å². The predicted octanol–water partition coefficient (Wildman–Crippen LogP) is 1.06. The summed E-state index contributed by atoms with van der Waals surface area (Å²) in [5, 5.41) is 13.7. The quantitative estimate of drug-likeness (QED) is 0.674. The number of rotatable bonds is 1. The van der Waals surface area contributed by atoms with Gasteiger partial charge >= 0.3 is 0 Å². The first-order chi connectivity index (χ1) is 6.65. The van der Waals surface area contributed by atoms with Crippen LogP contribution in [0.15, 0.2) is 18.2 Å². The molecule has 0 aromatic heterocycles. The van der Waals surface area contributed by atoms with Crippen molar-refractivity contribution in [3.8, 4) is 0 Å². The van der Waals surface area contributed by atoms with Gasteiger partial charge in [-0.05, 0) is 25.0 Å². The molecule has 76 valence electrons. The summed E-state index contributed by atoms with van der Waals surface area (Å²) in [5.74, 6) is 0. The standard InChI is InChI=1S/C11H16N2O/c1-4-9-5-6-10-8(2)13(14)12(3)11(10)7-9/h5-8,13H,4H2,1-3H3. The molecule has 1 aliphatic rings. The van der Waals surface area contributed by atoms with E-state index in [4.69, 9.17) is 0 Å². The van der Waals surface area contributed by atoms with E-state index in [1.165, 1.54) is 5.56 Å². The molecule has 0 spiro atoms. The number of aryl methyl sites for hydroxylation is 1. The highest BCUT2D eigenvalue weighted by Crippen LogP contribution is 2.28. The van der Waals surface area contributed by atoms with Crippen molar-refractivity contribution in [2.45, 2.75) is 26.3 Å². The van der Waals surface area contributed by atoms with Crippen LogP contribution in [-0.2, 0) is 6.42 Å². The van der Waals surface area contributed by atoms with Gasteiger partial charge < -0.3 is 5.21 Å². The summed E-state index contributed by atoms with van der Waals surface area (Å²) in [6, 6.07) is 6.35. The highest BCUT2D eigenvalue weighted by Gasteiger charge is 2.30. The van der Waals surface area contributed by atoms with Crippen LogP contribution in [0.3, 0.4) is 0 Å². The molecule has 1 aliphatic heterocycles. The minimum atomic E-state index is 0.0286. The first kappa shape index (κ1) is 9.49. The molecule has 1 heterocycles. The van der Waals surface area contributed by atoms with Crippen LogP contribution < -0.4 is 10.2 Å². The molecule has 14 heavy (non-hydrogen) atoms. The summed E-state index contributed by atoms with van der Waals surface area (Å²) in [6.07, 6.45) is 1.02. The molecule has 0 bridgehead atoms. The number of benzene rings is 1. The van der Waals surface area contributed by atoms with Crippen LogP contribution in [0, 0.1) is 5.21 Å². The van der Waals surface area contributed by atoms with E-state index in [-0.39, 0.29) is 11.2 Å². The monoisotopic (exact) mass is 192 g/mol.